The van der Waals surface area contributed by atoms with Gasteiger partial charge < -0.3 is 0 Å². The van der Waals surface area contributed by atoms with E-state index in [0.717, 1.165) is 0 Å². The molecule has 0 heterocycles. The van der Waals surface area contributed by atoms with Crippen molar-refractivity contribution in [1.29, 1.82) is 0 Å². The van der Waals surface area contributed by atoms with Crippen molar-refractivity contribution in [2.75, 3.05) is 0 Å². The van der Waals surface area contributed by atoms with Gasteiger partial charge >= 0.3 is 0 Å². The van der Waals surface area contributed by atoms with Crippen molar-refractivity contribution in [3.05, 3.63) is 0 Å². The summed E-state index contributed by atoms with van der Waals surface area (Å²) in [6, 6.07) is 0. The minimum Gasteiger partial charge on any atom is -0.285 e. The molecule has 104 valence electrons. The molecule has 0 aliphatic rings. The molecule has 0 saturated carbocycles. The van der Waals surface area contributed by atoms with Gasteiger partial charge in [0.1, 0.15) is 0 Å². The van der Waals surface area contributed by atoms with Crippen molar-refractivity contribution in [2.24, 2.45) is 0 Å². The van der Waals surface area contributed by atoms with E-state index < -0.39 is 39.7 Å². The van der Waals surface area contributed by atoms with Gasteiger partial charge in [-0.15, -0.1) is 0 Å². The molecule has 0 aromatic rings. The number of rotatable bonds is 4. The largest absolute Gasteiger partial charge is 0.285 e. The zero-order chi connectivity index (χ0) is 14.5. The molecule has 0 fully saturated rings. The van der Waals surface area contributed by atoms with E-state index >= 15 is 0 Å². The third kappa shape index (κ3) is 2.51. The van der Waals surface area contributed by atoms with E-state index in [9.17, 15) is 25.9 Å². The highest BCUT2D eigenvalue weighted by molar-refractivity contribution is 8.11. The van der Waals surface area contributed by atoms with Crippen molar-refractivity contribution in [2.45, 2.75) is 42.6 Å². The molecule has 0 aliphatic heterocycles. The fourth-order valence-electron chi connectivity index (χ4n) is 2.81. The average Bonchev–Trinajstić information content (AvgIpc) is 1.67. The summed E-state index contributed by atoms with van der Waals surface area (Å²) in [7, 11) is -15.7. The lowest BCUT2D eigenvalue weighted by Gasteiger charge is -2.45. The first-order chi connectivity index (χ1) is 7.00. The summed E-state index contributed by atoms with van der Waals surface area (Å²) in [5.41, 5.74) is 0. The van der Waals surface area contributed by atoms with E-state index in [2.05, 4.69) is 0 Å². The lowest BCUT2D eigenvalue weighted by molar-refractivity contribution is 0.458. The van der Waals surface area contributed by atoms with E-state index in [1.807, 2.05) is 0 Å². The molecule has 0 amide bonds. The second-order valence-electron chi connectivity index (χ2n) is 6.07. The molecular formula is C7H20O6S2Si2. The maximum atomic E-state index is 11.7. The maximum Gasteiger partial charge on any atom is 0.281 e. The third-order valence-corrected chi connectivity index (χ3v) is 24.3. The molecule has 2 N–H and O–H groups in total. The molecule has 0 aliphatic carbocycles. The van der Waals surface area contributed by atoms with E-state index in [4.69, 9.17) is 0 Å². The molecule has 0 bridgehead atoms. The van der Waals surface area contributed by atoms with Crippen LogP contribution in [0.5, 0.6) is 0 Å². The summed E-state index contributed by atoms with van der Waals surface area (Å²) >= 11 is 0. The third-order valence-electron chi connectivity index (χ3n) is 2.70. The van der Waals surface area contributed by atoms with Gasteiger partial charge in [0, 0.05) is 0 Å². The van der Waals surface area contributed by atoms with Crippen LogP contribution in [0.15, 0.2) is 0 Å². The van der Waals surface area contributed by atoms with Gasteiger partial charge in [0.05, 0.1) is 16.1 Å². The molecule has 17 heavy (non-hydrogen) atoms. The smallest absolute Gasteiger partial charge is 0.281 e. The first-order valence-electron chi connectivity index (χ1n) is 4.94. The van der Waals surface area contributed by atoms with Gasteiger partial charge in [0.15, 0.2) is 3.33 Å². The molecule has 10 heteroatoms. The van der Waals surface area contributed by atoms with Gasteiger partial charge in [-0.25, -0.2) is 0 Å². The monoisotopic (exact) mass is 320 g/mol. The number of hydrogen-bond acceptors (Lipinski definition) is 4. The Labute approximate surface area is 105 Å². The Bertz CT molecular complexity index is 445. The first kappa shape index (κ1) is 17.3. The van der Waals surface area contributed by atoms with Crippen LogP contribution in [0.1, 0.15) is 0 Å². The van der Waals surface area contributed by atoms with Gasteiger partial charge in [0.25, 0.3) is 20.2 Å². The average molecular weight is 321 g/mol. The molecule has 0 saturated heterocycles. The predicted octanol–water partition coefficient (Wildman–Crippen LogP) is 1.21. The SMILES string of the molecule is C[Si](C)(C)C([Si](C)(C)C)(S(=O)(=O)O)S(=O)(=O)O. The standard InChI is InChI=1S/C7H20O6S2Si2/c1-16(2,3)7(14(8,9)10,15(11,12)13)17(4,5)6/h1-6H3,(H,8,9,10)(H,11,12,13). The second-order valence-corrected chi connectivity index (χ2v) is 21.9. The van der Waals surface area contributed by atoms with E-state index in [0.29, 0.717) is 0 Å². The van der Waals surface area contributed by atoms with Gasteiger partial charge in [-0.05, 0) is 0 Å². The van der Waals surface area contributed by atoms with Crippen molar-refractivity contribution >= 4 is 36.4 Å². The topological polar surface area (TPSA) is 109 Å². The highest BCUT2D eigenvalue weighted by atomic mass is 32.3. The van der Waals surface area contributed by atoms with Crippen LogP contribution < -0.4 is 0 Å². The number of hydrogen-bond donors (Lipinski definition) is 2. The molecule has 0 aromatic heterocycles. The van der Waals surface area contributed by atoms with Gasteiger partial charge in [-0.1, -0.05) is 39.3 Å². The fourth-order valence-corrected chi connectivity index (χ4v) is 25.3. The Morgan fingerprint density at radius 2 is 0.882 bits per heavy atom. The molecule has 0 spiro atoms. The fraction of sp³-hybridized carbons (Fsp3) is 1.00. The van der Waals surface area contributed by atoms with Gasteiger partial charge in [-0.2, -0.15) is 16.8 Å². The summed E-state index contributed by atoms with van der Waals surface area (Å²) in [4.78, 5) is 0. The zero-order valence-electron chi connectivity index (χ0n) is 10.8. The normalized spacial score (nSPS) is 16.0. The highest BCUT2D eigenvalue weighted by Crippen LogP contribution is 2.41. The van der Waals surface area contributed by atoms with E-state index in [-0.39, 0.29) is 0 Å². The van der Waals surface area contributed by atoms with Crippen LogP contribution in [0.25, 0.3) is 0 Å². The van der Waals surface area contributed by atoms with Crippen LogP contribution >= 0.6 is 0 Å². The van der Waals surface area contributed by atoms with E-state index in [1.165, 1.54) is 39.3 Å². The summed E-state index contributed by atoms with van der Waals surface area (Å²) in [6.07, 6.45) is 0. The molecule has 0 aromatic carbocycles. The summed E-state index contributed by atoms with van der Waals surface area (Å²) in [6.45, 7) is 9.04. The Morgan fingerprint density at radius 3 is 0.882 bits per heavy atom. The molecule has 0 unspecified atom stereocenters. The minimum atomic E-state index is -4.91. The lowest BCUT2D eigenvalue weighted by atomic mass is 11.7. The lowest BCUT2D eigenvalue weighted by Crippen LogP contribution is -2.74. The molecule has 0 radical (unpaired) electrons. The van der Waals surface area contributed by atoms with Crippen LogP contribution in [-0.2, 0) is 20.2 Å². The summed E-state index contributed by atoms with van der Waals surface area (Å²) < 4.78 is 63.2. The van der Waals surface area contributed by atoms with Crippen molar-refractivity contribution < 1.29 is 25.9 Å². The Hall–Kier alpha value is 0.254. The molecular weight excluding hydrogens is 300 g/mol. The Kier molecular flexibility index (Phi) is 4.19. The Balaban J connectivity index is 6.84. The van der Waals surface area contributed by atoms with Crippen molar-refractivity contribution in [3.8, 4) is 0 Å². The summed E-state index contributed by atoms with van der Waals surface area (Å²) in [5, 5.41) is 0. The van der Waals surface area contributed by atoms with Crippen LogP contribution in [0.4, 0.5) is 0 Å². The highest BCUT2D eigenvalue weighted by Gasteiger charge is 2.69. The molecule has 0 rings (SSSR count). The van der Waals surface area contributed by atoms with Crippen LogP contribution in [0, 0.1) is 0 Å². The van der Waals surface area contributed by atoms with Crippen LogP contribution in [0.3, 0.4) is 0 Å². The van der Waals surface area contributed by atoms with E-state index in [1.54, 1.807) is 0 Å². The second kappa shape index (κ2) is 4.13. The maximum absolute atomic E-state index is 11.7. The zero-order valence-corrected chi connectivity index (χ0v) is 14.5. The quantitative estimate of drug-likeness (QED) is 0.595. The molecule has 6 nitrogen and oxygen atoms in total. The van der Waals surface area contributed by atoms with Crippen molar-refractivity contribution in [3.63, 3.8) is 0 Å². The molecule has 0 atom stereocenters. The van der Waals surface area contributed by atoms with Gasteiger partial charge in [-0.3, -0.25) is 9.11 Å². The van der Waals surface area contributed by atoms with Crippen LogP contribution in [-0.4, -0.2) is 45.4 Å². The predicted molar refractivity (Wildman–Crippen MR) is 72.5 cm³/mol. The first-order valence-corrected chi connectivity index (χ1v) is 14.8. The Morgan fingerprint density at radius 1 is 0.706 bits per heavy atom. The minimum absolute atomic E-state index is 1.51. The summed E-state index contributed by atoms with van der Waals surface area (Å²) in [5.74, 6) is 0. The van der Waals surface area contributed by atoms with Gasteiger partial charge in [0.2, 0.25) is 0 Å². The van der Waals surface area contributed by atoms with Crippen LogP contribution in [0.2, 0.25) is 39.3 Å². The van der Waals surface area contributed by atoms with Crippen molar-refractivity contribution in [1.82, 2.24) is 0 Å².